The lowest BCUT2D eigenvalue weighted by atomic mass is 9.43. The molecule has 1 aliphatic heterocycles. The van der Waals surface area contributed by atoms with Crippen LogP contribution in [0.4, 0.5) is 0 Å². The lowest BCUT2D eigenvalue weighted by Gasteiger charge is -2.62. The number of allylic oxidation sites excluding steroid dienone is 2. The van der Waals surface area contributed by atoms with Gasteiger partial charge >= 0.3 is 0 Å². The van der Waals surface area contributed by atoms with Gasteiger partial charge in [-0.25, -0.2) is 0 Å². The highest BCUT2D eigenvalue weighted by Crippen LogP contribution is 2.64. The van der Waals surface area contributed by atoms with Gasteiger partial charge in [0.05, 0.1) is 6.10 Å². The van der Waals surface area contributed by atoms with E-state index in [1.54, 1.807) is 11.1 Å². The number of rotatable bonds is 10. The third kappa shape index (κ3) is 6.64. The highest BCUT2D eigenvalue weighted by molar-refractivity contribution is 5.76. The van der Waals surface area contributed by atoms with Crippen molar-refractivity contribution >= 4 is 5.91 Å². The number of fused-ring (bicyclic) bond motifs is 3. The molecule has 5 atom stereocenters. The van der Waals surface area contributed by atoms with Crippen molar-refractivity contribution in [3.05, 3.63) is 11.1 Å². The molecule has 0 spiro atoms. The molecule has 3 unspecified atom stereocenters. The van der Waals surface area contributed by atoms with E-state index in [1.165, 1.54) is 77.7 Å². The summed E-state index contributed by atoms with van der Waals surface area (Å²) in [5, 5.41) is 14.0. The minimum absolute atomic E-state index is 0.0127. The van der Waals surface area contributed by atoms with E-state index in [4.69, 9.17) is 0 Å². The van der Waals surface area contributed by atoms with E-state index in [0.29, 0.717) is 29.6 Å². The molecule has 5 heteroatoms. The third-order valence-electron chi connectivity index (χ3n) is 11.4. The van der Waals surface area contributed by atoms with Crippen LogP contribution < -0.4 is 5.32 Å². The first-order valence-electron chi connectivity index (χ1n) is 15.7. The van der Waals surface area contributed by atoms with E-state index < -0.39 is 0 Å². The van der Waals surface area contributed by atoms with Gasteiger partial charge in [-0.15, -0.1) is 0 Å². The number of aliphatic hydroxyl groups excluding tert-OH is 1. The summed E-state index contributed by atoms with van der Waals surface area (Å²) in [5.41, 5.74) is 3.51. The molecule has 0 aromatic rings. The highest BCUT2D eigenvalue weighted by atomic mass is 16.3. The van der Waals surface area contributed by atoms with E-state index >= 15 is 0 Å². The molecule has 1 saturated heterocycles. The van der Waals surface area contributed by atoms with Crippen LogP contribution in [0.2, 0.25) is 0 Å². The molecule has 1 heterocycles. The summed E-state index contributed by atoms with van der Waals surface area (Å²) in [6, 6.07) is 0. The second-order valence-electron chi connectivity index (χ2n) is 14.0. The normalized spacial score (nSPS) is 34.6. The first-order chi connectivity index (χ1) is 17.6. The first-order valence-corrected chi connectivity index (χ1v) is 15.7. The summed E-state index contributed by atoms with van der Waals surface area (Å²) in [6.07, 6.45) is 13.3. The number of hydrogen-bond donors (Lipinski definition) is 2. The van der Waals surface area contributed by atoms with Gasteiger partial charge in [-0.05, 0) is 107 Å². The predicted octanol–water partition coefficient (Wildman–Crippen LogP) is 5.63. The molecule has 0 aromatic carbocycles. The van der Waals surface area contributed by atoms with Gasteiger partial charge in [0.1, 0.15) is 0 Å². The fourth-order valence-electron chi connectivity index (χ4n) is 8.87. The number of unbranched alkanes of at least 4 members (excludes halogenated alkanes) is 3. The molecule has 2 saturated carbocycles. The zero-order valence-corrected chi connectivity index (χ0v) is 24.8. The second-order valence-corrected chi connectivity index (χ2v) is 14.0. The fraction of sp³-hybridized carbons (Fsp3) is 0.906. The topological polar surface area (TPSA) is 55.8 Å². The van der Waals surface area contributed by atoms with Crippen molar-refractivity contribution in [1.82, 2.24) is 15.1 Å². The number of carbonyl (C=O) groups excluding carboxylic acids is 1. The van der Waals surface area contributed by atoms with Crippen molar-refractivity contribution in [2.24, 2.45) is 28.6 Å². The maximum absolute atomic E-state index is 12.7. The quantitative estimate of drug-likeness (QED) is 0.292. The van der Waals surface area contributed by atoms with Crippen LogP contribution >= 0.6 is 0 Å². The minimum Gasteiger partial charge on any atom is -0.393 e. The van der Waals surface area contributed by atoms with E-state index in [0.717, 1.165) is 32.2 Å². The van der Waals surface area contributed by atoms with Gasteiger partial charge in [-0.2, -0.15) is 0 Å². The van der Waals surface area contributed by atoms with Crippen molar-refractivity contribution in [3.8, 4) is 0 Å². The molecule has 4 aliphatic rings. The minimum atomic E-state index is -0.164. The molecular weight excluding hydrogens is 458 g/mol. The molecule has 212 valence electrons. The van der Waals surface area contributed by atoms with E-state index in [-0.39, 0.29) is 17.4 Å². The maximum atomic E-state index is 12.7. The molecule has 2 N–H and O–H groups in total. The Kier molecular flexibility index (Phi) is 9.83. The lowest BCUT2D eigenvalue weighted by Crippen LogP contribution is -2.56. The van der Waals surface area contributed by atoms with Crippen LogP contribution in [0, 0.1) is 28.6 Å². The Hall–Kier alpha value is -0.910. The Bertz CT molecular complexity index is 800. The van der Waals surface area contributed by atoms with Gasteiger partial charge in [0.2, 0.25) is 5.91 Å². The Morgan fingerprint density at radius 2 is 1.73 bits per heavy atom. The average molecular weight is 516 g/mol. The number of nitrogens with one attached hydrogen (secondary N) is 1. The number of hydrogen-bond acceptors (Lipinski definition) is 4. The highest BCUT2D eigenvalue weighted by Gasteiger charge is 2.58. The summed E-state index contributed by atoms with van der Waals surface area (Å²) in [6.45, 7) is 16.4. The zero-order valence-electron chi connectivity index (χ0n) is 24.8. The van der Waals surface area contributed by atoms with Crippen molar-refractivity contribution < 1.29 is 9.90 Å². The molecule has 3 aliphatic carbocycles. The molecule has 0 aromatic heterocycles. The molecular formula is C32H57N3O2. The largest absolute Gasteiger partial charge is 0.393 e. The van der Waals surface area contributed by atoms with Crippen LogP contribution in [0.5, 0.6) is 0 Å². The Morgan fingerprint density at radius 3 is 2.49 bits per heavy atom. The summed E-state index contributed by atoms with van der Waals surface area (Å²) < 4.78 is 0. The van der Waals surface area contributed by atoms with Crippen LogP contribution in [0.25, 0.3) is 0 Å². The fourth-order valence-corrected chi connectivity index (χ4v) is 8.87. The number of piperazine rings is 1. The average Bonchev–Trinajstić information content (AvgIpc) is 2.86. The SMILES string of the molecule is CC1=C(CCC(=O)NCCCCCCN2CCN(C)CC2)C2CCC3C(C)(C)[C@@H](O)CC[C@]3(C)C2CC1. The Labute approximate surface area is 227 Å². The molecule has 0 bridgehead atoms. The zero-order chi connectivity index (χ0) is 26.6. The van der Waals surface area contributed by atoms with Crippen molar-refractivity contribution in [2.45, 2.75) is 111 Å². The number of nitrogens with zero attached hydrogens (tertiary/aromatic N) is 2. The van der Waals surface area contributed by atoms with Crippen LogP contribution in [0.3, 0.4) is 0 Å². The van der Waals surface area contributed by atoms with Crippen LogP contribution in [-0.2, 0) is 4.79 Å². The van der Waals surface area contributed by atoms with Crippen molar-refractivity contribution in [3.63, 3.8) is 0 Å². The molecule has 37 heavy (non-hydrogen) atoms. The monoisotopic (exact) mass is 515 g/mol. The van der Waals surface area contributed by atoms with Crippen LogP contribution in [0.1, 0.15) is 105 Å². The maximum Gasteiger partial charge on any atom is 0.220 e. The molecule has 3 fully saturated rings. The number of aliphatic hydroxyl groups is 1. The van der Waals surface area contributed by atoms with Crippen LogP contribution in [-0.4, -0.2) is 73.2 Å². The van der Waals surface area contributed by atoms with E-state index in [1.807, 2.05) is 0 Å². The summed E-state index contributed by atoms with van der Waals surface area (Å²) >= 11 is 0. The molecule has 0 radical (unpaired) electrons. The van der Waals surface area contributed by atoms with Gasteiger partial charge in [0, 0.05) is 39.1 Å². The molecule has 4 rings (SSSR count). The lowest BCUT2D eigenvalue weighted by molar-refractivity contribution is -0.149. The van der Waals surface area contributed by atoms with Crippen molar-refractivity contribution in [2.75, 3.05) is 46.3 Å². The van der Waals surface area contributed by atoms with Gasteiger partial charge in [-0.1, -0.05) is 44.8 Å². The third-order valence-corrected chi connectivity index (χ3v) is 11.4. The Morgan fingerprint density at radius 1 is 1.00 bits per heavy atom. The van der Waals surface area contributed by atoms with Gasteiger partial charge in [-0.3, -0.25) is 4.79 Å². The van der Waals surface area contributed by atoms with Crippen molar-refractivity contribution in [1.29, 1.82) is 0 Å². The van der Waals surface area contributed by atoms with Gasteiger partial charge < -0.3 is 20.2 Å². The predicted molar refractivity (Wildman–Crippen MR) is 153 cm³/mol. The summed E-state index contributed by atoms with van der Waals surface area (Å²) in [7, 11) is 2.21. The summed E-state index contributed by atoms with van der Waals surface area (Å²) in [4.78, 5) is 17.7. The number of amides is 1. The standard InChI is InChI=1S/C32H57N3O2/c1-24-10-13-27-26(11-14-28-31(2,3)29(36)16-17-32(27,28)4)25(24)12-15-30(37)33-18-8-6-7-9-19-35-22-20-34(5)21-23-35/h26-29,36H,6-23H2,1-5H3,(H,33,37)/t26?,27?,28?,29-,32+/m0/s1. The van der Waals surface area contributed by atoms with E-state index in [2.05, 4.69) is 49.9 Å². The second kappa shape index (κ2) is 12.5. The van der Waals surface area contributed by atoms with Gasteiger partial charge in [0.15, 0.2) is 0 Å². The summed E-state index contributed by atoms with van der Waals surface area (Å²) in [5.74, 6) is 2.20. The first kappa shape index (κ1) is 29.1. The number of likely N-dealkylation sites (N-methyl/N-ethyl adjacent to an activating group) is 1. The molecule has 5 nitrogen and oxygen atoms in total. The van der Waals surface area contributed by atoms with E-state index in [9.17, 15) is 9.90 Å². The Balaban J connectivity index is 1.17. The smallest absolute Gasteiger partial charge is 0.220 e. The van der Waals surface area contributed by atoms with Crippen LogP contribution in [0.15, 0.2) is 11.1 Å². The molecule has 1 amide bonds. The number of carbonyl (C=O) groups is 1. The van der Waals surface area contributed by atoms with Gasteiger partial charge in [0.25, 0.3) is 0 Å².